The van der Waals surface area contributed by atoms with Crippen LogP contribution in [0.25, 0.3) is 0 Å². The Hall–Kier alpha value is -1.24. The number of piperidine rings is 1. The molecule has 0 radical (unpaired) electrons. The molecule has 0 aromatic heterocycles. The molecule has 5 nitrogen and oxygen atoms in total. The summed E-state index contributed by atoms with van der Waals surface area (Å²) in [6.07, 6.45) is 4.68. The average Bonchev–Trinajstić information content (AvgIpc) is 2.65. The van der Waals surface area contributed by atoms with Crippen LogP contribution in [0.1, 0.15) is 36.5 Å². The fourth-order valence-corrected chi connectivity index (χ4v) is 3.66. The number of thioether (sulfide) groups is 1. The van der Waals surface area contributed by atoms with E-state index in [0.717, 1.165) is 25.1 Å². The molecule has 146 valence electrons. The van der Waals surface area contributed by atoms with E-state index in [1.807, 2.05) is 36.3 Å². The fraction of sp³-hybridized carbons (Fsp3) is 0.579. The molecular formula is C19H30ClN3O2S. The molecule has 0 spiro atoms. The lowest BCUT2D eigenvalue weighted by molar-refractivity contribution is -0.135. The van der Waals surface area contributed by atoms with E-state index in [9.17, 15) is 9.59 Å². The first-order valence-electron chi connectivity index (χ1n) is 8.92. The second kappa shape index (κ2) is 11.5. The zero-order valence-corrected chi connectivity index (χ0v) is 17.2. The van der Waals surface area contributed by atoms with Gasteiger partial charge in [-0.2, -0.15) is 11.8 Å². The maximum Gasteiger partial charge on any atom is 0.251 e. The van der Waals surface area contributed by atoms with Crippen LogP contribution in [-0.2, 0) is 4.79 Å². The monoisotopic (exact) mass is 399 g/mol. The molecule has 3 atom stereocenters. The zero-order valence-electron chi connectivity index (χ0n) is 15.5. The van der Waals surface area contributed by atoms with Gasteiger partial charge in [0.2, 0.25) is 5.91 Å². The molecule has 1 heterocycles. The molecule has 3 unspecified atom stereocenters. The number of carbonyl (C=O) groups is 2. The molecule has 0 bridgehead atoms. The van der Waals surface area contributed by atoms with Crippen molar-refractivity contribution in [1.82, 2.24) is 10.2 Å². The summed E-state index contributed by atoms with van der Waals surface area (Å²) in [7, 11) is 0. The van der Waals surface area contributed by atoms with Gasteiger partial charge in [-0.25, -0.2) is 0 Å². The van der Waals surface area contributed by atoms with Crippen molar-refractivity contribution in [3.63, 3.8) is 0 Å². The van der Waals surface area contributed by atoms with Crippen LogP contribution in [0.3, 0.4) is 0 Å². The number of hydrogen-bond donors (Lipinski definition) is 2. The maximum atomic E-state index is 13.0. The Bertz CT molecular complexity index is 571. The van der Waals surface area contributed by atoms with Crippen molar-refractivity contribution in [1.29, 1.82) is 0 Å². The number of rotatable bonds is 7. The summed E-state index contributed by atoms with van der Waals surface area (Å²) in [5, 5.41) is 2.93. The summed E-state index contributed by atoms with van der Waals surface area (Å²) in [6, 6.07) is 8.65. The number of likely N-dealkylation sites (tertiary alicyclic amines) is 1. The summed E-state index contributed by atoms with van der Waals surface area (Å²) >= 11 is 1.68. The number of nitrogens with two attached hydrogens (primary N) is 1. The molecule has 0 aliphatic carbocycles. The van der Waals surface area contributed by atoms with Gasteiger partial charge in [-0.15, -0.1) is 12.4 Å². The zero-order chi connectivity index (χ0) is 18.2. The maximum absolute atomic E-state index is 13.0. The summed E-state index contributed by atoms with van der Waals surface area (Å²) in [4.78, 5) is 27.4. The molecule has 7 heteroatoms. The highest BCUT2D eigenvalue weighted by molar-refractivity contribution is 7.98. The summed E-state index contributed by atoms with van der Waals surface area (Å²) in [5.41, 5.74) is 6.61. The number of carbonyl (C=O) groups excluding carboxylic acids is 2. The average molecular weight is 400 g/mol. The standard InChI is InChI=1S/C19H29N3O2S.ClH/c1-14(20)16-9-6-11-22(13-16)19(24)17(10-12-25-2)21-18(23)15-7-4-3-5-8-15;/h3-5,7-8,14,16-17H,6,9-13,20H2,1-2H3,(H,21,23);1H. The molecule has 1 fully saturated rings. The van der Waals surface area contributed by atoms with Gasteiger partial charge in [-0.1, -0.05) is 18.2 Å². The van der Waals surface area contributed by atoms with E-state index in [0.29, 0.717) is 24.4 Å². The predicted molar refractivity (Wildman–Crippen MR) is 111 cm³/mol. The Morgan fingerprint density at radius 2 is 2.04 bits per heavy atom. The number of nitrogens with one attached hydrogen (secondary N) is 1. The second-order valence-electron chi connectivity index (χ2n) is 6.72. The van der Waals surface area contributed by atoms with Crippen LogP contribution in [0.4, 0.5) is 0 Å². The lowest BCUT2D eigenvalue weighted by atomic mass is 9.91. The predicted octanol–water partition coefficient (Wildman–Crippen LogP) is 2.55. The van der Waals surface area contributed by atoms with Crippen molar-refractivity contribution in [3.05, 3.63) is 35.9 Å². The van der Waals surface area contributed by atoms with Crippen LogP contribution < -0.4 is 11.1 Å². The van der Waals surface area contributed by atoms with E-state index in [1.54, 1.807) is 23.9 Å². The minimum absolute atomic E-state index is 0. The SMILES string of the molecule is CSCCC(NC(=O)c1ccccc1)C(=O)N1CCCC(C(C)N)C1.Cl. The third-order valence-corrected chi connectivity index (χ3v) is 5.41. The van der Waals surface area contributed by atoms with Crippen LogP contribution in [0.5, 0.6) is 0 Å². The molecule has 1 aliphatic rings. The molecule has 1 saturated heterocycles. The van der Waals surface area contributed by atoms with E-state index < -0.39 is 6.04 Å². The Labute approximate surface area is 166 Å². The Kier molecular flexibility index (Phi) is 10.1. The minimum atomic E-state index is -0.480. The third-order valence-electron chi connectivity index (χ3n) is 4.76. The first kappa shape index (κ1) is 22.8. The highest BCUT2D eigenvalue weighted by Crippen LogP contribution is 2.20. The van der Waals surface area contributed by atoms with Gasteiger partial charge in [0.1, 0.15) is 6.04 Å². The van der Waals surface area contributed by atoms with Gasteiger partial charge in [0.25, 0.3) is 5.91 Å². The summed E-state index contributed by atoms with van der Waals surface area (Å²) < 4.78 is 0. The smallest absolute Gasteiger partial charge is 0.251 e. The van der Waals surface area contributed by atoms with E-state index in [4.69, 9.17) is 5.73 Å². The van der Waals surface area contributed by atoms with Crippen molar-refractivity contribution in [3.8, 4) is 0 Å². The molecule has 0 saturated carbocycles. The molecule has 3 N–H and O–H groups in total. The van der Waals surface area contributed by atoms with E-state index in [1.165, 1.54) is 0 Å². The van der Waals surface area contributed by atoms with Crippen molar-refractivity contribution < 1.29 is 9.59 Å². The minimum Gasteiger partial charge on any atom is -0.341 e. The number of hydrogen-bond acceptors (Lipinski definition) is 4. The van der Waals surface area contributed by atoms with Crippen LogP contribution in [0.2, 0.25) is 0 Å². The highest BCUT2D eigenvalue weighted by Gasteiger charge is 2.31. The summed E-state index contributed by atoms with van der Waals surface area (Å²) in [5.74, 6) is 0.990. The van der Waals surface area contributed by atoms with Crippen molar-refractivity contribution in [2.75, 3.05) is 25.1 Å². The molecule has 2 amide bonds. The van der Waals surface area contributed by atoms with Crippen LogP contribution in [-0.4, -0.2) is 53.9 Å². The number of nitrogens with zero attached hydrogens (tertiary/aromatic N) is 1. The van der Waals surface area contributed by atoms with E-state index in [-0.39, 0.29) is 30.3 Å². The normalized spacial score (nSPS) is 19.2. The van der Waals surface area contributed by atoms with Crippen LogP contribution >= 0.6 is 24.2 Å². The Balaban J connectivity index is 0.00000338. The number of benzene rings is 1. The molecular weight excluding hydrogens is 370 g/mol. The highest BCUT2D eigenvalue weighted by atomic mass is 35.5. The Morgan fingerprint density at radius 3 is 2.65 bits per heavy atom. The van der Waals surface area contributed by atoms with Gasteiger partial charge >= 0.3 is 0 Å². The first-order chi connectivity index (χ1) is 12.0. The fourth-order valence-electron chi connectivity index (χ4n) is 3.18. The van der Waals surface area contributed by atoms with E-state index in [2.05, 4.69) is 5.32 Å². The van der Waals surface area contributed by atoms with Crippen molar-refractivity contribution >= 4 is 36.0 Å². The van der Waals surface area contributed by atoms with Gasteiger partial charge in [0, 0.05) is 24.7 Å². The topological polar surface area (TPSA) is 75.4 Å². The van der Waals surface area contributed by atoms with Gasteiger partial charge in [-0.05, 0) is 56.2 Å². The first-order valence-corrected chi connectivity index (χ1v) is 10.3. The van der Waals surface area contributed by atoms with Crippen molar-refractivity contribution in [2.45, 2.75) is 38.3 Å². The molecule has 1 aliphatic heterocycles. The summed E-state index contributed by atoms with van der Waals surface area (Å²) in [6.45, 7) is 3.44. The lowest BCUT2D eigenvalue weighted by Gasteiger charge is -2.36. The quantitative estimate of drug-likeness (QED) is 0.738. The van der Waals surface area contributed by atoms with Gasteiger partial charge < -0.3 is 16.0 Å². The van der Waals surface area contributed by atoms with Crippen molar-refractivity contribution in [2.24, 2.45) is 11.7 Å². The largest absolute Gasteiger partial charge is 0.341 e. The second-order valence-corrected chi connectivity index (χ2v) is 7.70. The third kappa shape index (κ3) is 6.49. The number of amides is 2. The lowest BCUT2D eigenvalue weighted by Crippen LogP contribution is -2.53. The van der Waals surface area contributed by atoms with Gasteiger partial charge in [-0.3, -0.25) is 9.59 Å². The molecule has 1 aromatic rings. The van der Waals surface area contributed by atoms with Gasteiger partial charge in [0.05, 0.1) is 0 Å². The molecule has 26 heavy (non-hydrogen) atoms. The Morgan fingerprint density at radius 1 is 1.35 bits per heavy atom. The molecule has 2 rings (SSSR count). The molecule has 1 aromatic carbocycles. The van der Waals surface area contributed by atoms with Crippen LogP contribution in [0, 0.1) is 5.92 Å². The van der Waals surface area contributed by atoms with Gasteiger partial charge in [0.15, 0.2) is 0 Å². The van der Waals surface area contributed by atoms with Crippen LogP contribution in [0.15, 0.2) is 30.3 Å². The number of halogens is 1. The van der Waals surface area contributed by atoms with E-state index >= 15 is 0 Å².